The second-order valence-electron chi connectivity index (χ2n) is 5.25. The van der Waals surface area contributed by atoms with Crippen LogP contribution in [0.1, 0.15) is 37.9 Å². The molecule has 1 N–H and O–H groups in total. The van der Waals surface area contributed by atoms with Crippen LogP contribution in [-0.4, -0.2) is 25.5 Å². The highest BCUT2D eigenvalue weighted by atomic mass is 32.2. The second kappa shape index (κ2) is 5.63. The van der Waals surface area contributed by atoms with Crippen molar-refractivity contribution < 1.29 is 9.47 Å². The molecule has 1 aliphatic heterocycles. The van der Waals surface area contributed by atoms with Gasteiger partial charge >= 0.3 is 0 Å². The molecule has 1 atom stereocenters. The van der Waals surface area contributed by atoms with Crippen molar-refractivity contribution >= 4 is 11.8 Å². The van der Waals surface area contributed by atoms with Gasteiger partial charge < -0.3 is 14.8 Å². The van der Waals surface area contributed by atoms with Crippen molar-refractivity contribution in [3.63, 3.8) is 0 Å². The maximum Gasteiger partial charge on any atom is 0.124 e. The third-order valence-electron chi connectivity index (χ3n) is 3.69. The summed E-state index contributed by atoms with van der Waals surface area (Å²) in [6, 6.07) is 4.28. The van der Waals surface area contributed by atoms with Gasteiger partial charge in [-0.05, 0) is 32.5 Å². The van der Waals surface area contributed by atoms with Crippen LogP contribution in [0.15, 0.2) is 12.1 Å². The third-order valence-corrected chi connectivity index (χ3v) is 5.11. The molecule has 0 spiro atoms. The van der Waals surface area contributed by atoms with Crippen molar-refractivity contribution in [2.45, 2.75) is 37.3 Å². The molecule has 0 saturated heterocycles. The summed E-state index contributed by atoms with van der Waals surface area (Å²) in [5.74, 6) is 2.88. The van der Waals surface area contributed by atoms with Gasteiger partial charge in [-0.1, -0.05) is 6.92 Å². The van der Waals surface area contributed by atoms with Crippen LogP contribution in [0.2, 0.25) is 0 Å². The Hall–Kier alpha value is -0.870. The zero-order valence-electron chi connectivity index (χ0n) is 12.4. The summed E-state index contributed by atoms with van der Waals surface area (Å²) in [6.45, 7) is 7.65. The molecule has 0 fully saturated rings. The quantitative estimate of drug-likeness (QED) is 0.916. The van der Waals surface area contributed by atoms with E-state index in [9.17, 15) is 0 Å². The van der Waals surface area contributed by atoms with Crippen LogP contribution in [0.25, 0.3) is 0 Å². The van der Waals surface area contributed by atoms with Gasteiger partial charge in [0.05, 0.1) is 20.3 Å². The summed E-state index contributed by atoms with van der Waals surface area (Å²) >= 11 is 1.96. The predicted octanol–water partition coefficient (Wildman–Crippen LogP) is 3.38. The molecule has 0 saturated carbocycles. The molecule has 0 amide bonds. The Morgan fingerprint density at radius 3 is 2.47 bits per heavy atom. The lowest BCUT2D eigenvalue weighted by Gasteiger charge is -2.41. The van der Waals surface area contributed by atoms with Gasteiger partial charge in [-0.15, -0.1) is 11.8 Å². The number of benzene rings is 1. The van der Waals surface area contributed by atoms with Gasteiger partial charge in [-0.3, -0.25) is 0 Å². The van der Waals surface area contributed by atoms with Crippen molar-refractivity contribution in [1.82, 2.24) is 5.32 Å². The highest BCUT2D eigenvalue weighted by Gasteiger charge is 2.39. The fourth-order valence-electron chi connectivity index (χ4n) is 2.70. The number of hydrogen-bond acceptors (Lipinski definition) is 4. The standard InChI is InChI=1S/C15H23NO2S/c1-6-16-14-13-10(9-19-15(14,2)3)11(17-4)7-8-12(13)18-5/h7-8,14,16H,6,9H2,1-5H3. The molecule has 0 bridgehead atoms. The highest BCUT2D eigenvalue weighted by molar-refractivity contribution is 8.00. The van der Waals surface area contributed by atoms with E-state index in [0.29, 0.717) is 0 Å². The Morgan fingerprint density at radius 1 is 1.26 bits per heavy atom. The van der Waals surface area contributed by atoms with Gasteiger partial charge in [0.2, 0.25) is 0 Å². The number of thioether (sulfide) groups is 1. The lowest BCUT2D eigenvalue weighted by molar-refractivity contribution is 0.372. The van der Waals surface area contributed by atoms with Crippen LogP contribution < -0.4 is 14.8 Å². The summed E-state index contributed by atoms with van der Waals surface area (Å²) < 4.78 is 11.2. The first-order valence-electron chi connectivity index (χ1n) is 6.66. The van der Waals surface area contributed by atoms with Gasteiger partial charge in [0.25, 0.3) is 0 Å². The molecule has 1 heterocycles. The van der Waals surface area contributed by atoms with Crippen LogP contribution in [0.5, 0.6) is 11.5 Å². The summed E-state index contributed by atoms with van der Waals surface area (Å²) in [7, 11) is 3.47. The fraction of sp³-hybridized carbons (Fsp3) is 0.600. The first kappa shape index (κ1) is 14.5. The van der Waals surface area contributed by atoms with Crippen molar-refractivity contribution in [2.24, 2.45) is 0 Å². The van der Waals surface area contributed by atoms with Gasteiger partial charge in [0.15, 0.2) is 0 Å². The van der Waals surface area contributed by atoms with Crippen molar-refractivity contribution in [1.29, 1.82) is 0 Å². The van der Waals surface area contributed by atoms with E-state index in [0.717, 1.165) is 23.8 Å². The summed E-state index contributed by atoms with van der Waals surface area (Å²) in [6.07, 6.45) is 0. The molecule has 0 aromatic heterocycles. The molecule has 1 aromatic rings. The van der Waals surface area contributed by atoms with E-state index in [1.54, 1.807) is 14.2 Å². The number of hydrogen-bond donors (Lipinski definition) is 1. The molecule has 1 unspecified atom stereocenters. The largest absolute Gasteiger partial charge is 0.496 e. The van der Waals surface area contributed by atoms with Crippen molar-refractivity contribution in [3.8, 4) is 11.5 Å². The third kappa shape index (κ3) is 2.56. The zero-order chi connectivity index (χ0) is 14.0. The maximum atomic E-state index is 5.58. The van der Waals surface area contributed by atoms with Crippen LogP contribution in [-0.2, 0) is 5.75 Å². The van der Waals surface area contributed by atoms with E-state index in [2.05, 4.69) is 26.1 Å². The molecule has 3 nitrogen and oxygen atoms in total. The smallest absolute Gasteiger partial charge is 0.124 e. The Balaban J connectivity index is 2.59. The van der Waals surface area contributed by atoms with Crippen molar-refractivity contribution in [3.05, 3.63) is 23.3 Å². The van der Waals surface area contributed by atoms with Crippen LogP contribution in [0, 0.1) is 0 Å². The molecule has 2 rings (SSSR count). The Bertz CT molecular complexity index is 460. The minimum absolute atomic E-state index is 0.142. The first-order chi connectivity index (χ1) is 9.05. The van der Waals surface area contributed by atoms with E-state index in [1.807, 2.05) is 23.9 Å². The van der Waals surface area contributed by atoms with Crippen LogP contribution in [0.4, 0.5) is 0 Å². The number of methoxy groups -OCH3 is 2. The molecular formula is C15H23NO2S. The molecule has 106 valence electrons. The molecule has 0 aliphatic carbocycles. The molecule has 4 heteroatoms. The Kier molecular flexibility index (Phi) is 4.31. The monoisotopic (exact) mass is 281 g/mol. The predicted molar refractivity (Wildman–Crippen MR) is 81.3 cm³/mol. The molecule has 0 radical (unpaired) electrons. The molecule has 1 aliphatic rings. The van der Waals surface area contributed by atoms with E-state index < -0.39 is 0 Å². The van der Waals surface area contributed by atoms with E-state index >= 15 is 0 Å². The number of rotatable bonds is 4. The number of nitrogens with one attached hydrogen (secondary N) is 1. The molecular weight excluding hydrogens is 258 g/mol. The van der Waals surface area contributed by atoms with E-state index in [-0.39, 0.29) is 10.8 Å². The fourth-order valence-corrected chi connectivity index (χ4v) is 3.88. The Morgan fingerprint density at radius 2 is 1.89 bits per heavy atom. The average Bonchev–Trinajstić information content (AvgIpc) is 2.40. The van der Waals surface area contributed by atoms with E-state index in [4.69, 9.17) is 9.47 Å². The highest BCUT2D eigenvalue weighted by Crippen LogP contribution is 2.51. The summed E-state index contributed by atoms with van der Waals surface area (Å²) in [5.41, 5.74) is 2.52. The topological polar surface area (TPSA) is 30.5 Å². The first-order valence-corrected chi connectivity index (χ1v) is 7.64. The van der Waals surface area contributed by atoms with Gasteiger partial charge in [-0.2, -0.15) is 0 Å². The molecule has 19 heavy (non-hydrogen) atoms. The van der Waals surface area contributed by atoms with Gasteiger partial charge in [-0.25, -0.2) is 0 Å². The van der Waals surface area contributed by atoms with Crippen molar-refractivity contribution in [2.75, 3.05) is 20.8 Å². The normalized spacial score (nSPS) is 20.8. The average molecular weight is 281 g/mol. The maximum absolute atomic E-state index is 5.58. The lowest BCUT2D eigenvalue weighted by Crippen LogP contribution is -2.40. The summed E-state index contributed by atoms with van der Waals surface area (Å²) in [4.78, 5) is 0. The van der Waals surface area contributed by atoms with Gasteiger partial charge in [0.1, 0.15) is 11.5 Å². The Labute approximate surface area is 120 Å². The SMILES string of the molecule is CCNC1c2c(OC)ccc(OC)c2CSC1(C)C. The minimum atomic E-state index is 0.142. The van der Waals surface area contributed by atoms with E-state index in [1.165, 1.54) is 11.1 Å². The van der Waals surface area contributed by atoms with Gasteiger partial charge in [0, 0.05) is 21.6 Å². The lowest BCUT2D eigenvalue weighted by atomic mass is 9.89. The zero-order valence-corrected chi connectivity index (χ0v) is 13.2. The minimum Gasteiger partial charge on any atom is -0.496 e. The van der Waals surface area contributed by atoms with Crippen LogP contribution in [0.3, 0.4) is 0 Å². The molecule has 1 aromatic carbocycles. The number of ether oxygens (including phenoxy) is 2. The second-order valence-corrected chi connectivity index (χ2v) is 6.87. The summed E-state index contributed by atoms with van der Waals surface area (Å²) in [5, 5.41) is 3.60. The number of fused-ring (bicyclic) bond motifs is 1. The van der Waals surface area contributed by atoms with Crippen LogP contribution >= 0.6 is 11.8 Å².